The first-order valence-corrected chi connectivity index (χ1v) is 7.69. The molecule has 4 heteroatoms. The second kappa shape index (κ2) is 5.93. The van der Waals surface area contributed by atoms with Gasteiger partial charge in [0.15, 0.2) is 0 Å². The number of hydrogen-bond donors (Lipinski definition) is 0. The molecule has 2 rings (SSSR count). The Kier molecular flexibility index (Phi) is 4.48. The maximum atomic E-state index is 12.7. The standard InChI is InChI=1S/C15H26N2O2/c1-4-5-9-17-13(11(2)3)15(19)16-10-7-6-8-12(16)14(17)18/h11-13H,4-10H2,1-3H3. The lowest BCUT2D eigenvalue weighted by Gasteiger charge is -2.48. The first-order valence-electron chi connectivity index (χ1n) is 7.69. The van der Waals surface area contributed by atoms with Crippen molar-refractivity contribution in [3.8, 4) is 0 Å². The van der Waals surface area contributed by atoms with Crippen LogP contribution in [-0.2, 0) is 9.59 Å². The molecule has 2 heterocycles. The van der Waals surface area contributed by atoms with Crippen molar-refractivity contribution in [3.05, 3.63) is 0 Å². The first kappa shape index (κ1) is 14.4. The van der Waals surface area contributed by atoms with Crippen molar-refractivity contribution in [2.75, 3.05) is 13.1 Å². The lowest BCUT2D eigenvalue weighted by Crippen LogP contribution is -2.67. The smallest absolute Gasteiger partial charge is 0.246 e. The van der Waals surface area contributed by atoms with Gasteiger partial charge in [0.2, 0.25) is 11.8 Å². The van der Waals surface area contributed by atoms with Gasteiger partial charge in [-0.2, -0.15) is 0 Å². The third-order valence-electron chi connectivity index (χ3n) is 4.33. The minimum atomic E-state index is -0.242. The van der Waals surface area contributed by atoms with Gasteiger partial charge in [0.05, 0.1) is 0 Å². The minimum Gasteiger partial charge on any atom is -0.329 e. The van der Waals surface area contributed by atoms with E-state index < -0.39 is 0 Å². The molecule has 2 amide bonds. The van der Waals surface area contributed by atoms with Crippen LogP contribution in [0.25, 0.3) is 0 Å². The summed E-state index contributed by atoms with van der Waals surface area (Å²) in [7, 11) is 0. The SMILES string of the molecule is CCCCN1C(=O)C2CCCCN2C(=O)C1C(C)C. The van der Waals surface area contributed by atoms with Gasteiger partial charge in [-0.25, -0.2) is 0 Å². The van der Waals surface area contributed by atoms with E-state index in [1.807, 2.05) is 23.6 Å². The Morgan fingerprint density at radius 3 is 2.58 bits per heavy atom. The van der Waals surface area contributed by atoms with Crippen LogP contribution in [0.2, 0.25) is 0 Å². The predicted molar refractivity (Wildman–Crippen MR) is 74.6 cm³/mol. The Bertz CT molecular complexity index is 354. The number of piperidine rings is 1. The third-order valence-corrected chi connectivity index (χ3v) is 4.33. The molecule has 0 radical (unpaired) electrons. The number of amides is 2. The van der Waals surface area contributed by atoms with Gasteiger partial charge in [-0.15, -0.1) is 0 Å². The van der Waals surface area contributed by atoms with Crippen LogP contribution >= 0.6 is 0 Å². The van der Waals surface area contributed by atoms with Crippen molar-refractivity contribution >= 4 is 11.8 Å². The summed E-state index contributed by atoms with van der Waals surface area (Å²) in [5.74, 6) is 0.554. The molecule has 0 aromatic carbocycles. The second-order valence-corrected chi connectivity index (χ2v) is 6.12. The molecule has 2 atom stereocenters. The quantitative estimate of drug-likeness (QED) is 0.781. The van der Waals surface area contributed by atoms with E-state index in [0.717, 1.165) is 45.2 Å². The topological polar surface area (TPSA) is 40.6 Å². The number of unbranched alkanes of at least 4 members (excludes halogenated alkanes) is 1. The first-order chi connectivity index (χ1) is 9.07. The van der Waals surface area contributed by atoms with Crippen molar-refractivity contribution in [1.29, 1.82) is 0 Å². The molecule has 0 bridgehead atoms. The van der Waals surface area contributed by atoms with Gasteiger partial charge in [-0.05, 0) is 31.6 Å². The van der Waals surface area contributed by atoms with E-state index in [4.69, 9.17) is 0 Å². The number of fused-ring (bicyclic) bond motifs is 1. The van der Waals surface area contributed by atoms with Crippen molar-refractivity contribution in [2.45, 2.75) is 65.0 Å². The van der Waals surface area contributed by atoms with Crippen molar-refractivity contribution in [2.24, 2.45) is 5.92 Å². The molecule has 0 N–H and O–H groups in total. The van der Waals surface area contributed by atoms with Gasteiger partial charge in [-0.1, -0.05) is 27.2 Å². The third kappa shape index (κ3) is 2.63. The van der Waals surface area contributed by atoms with E-state index in [9.17, 15) is 9.59 Å². The molecule has 0 spiro atoms. The molecule has 2 saturated heterocycles. The molecule has 4 nitrogen and oxygen atoms in total. The Morgan fingerprint density at radius 1 is 1.21 bits per heavy atom. The lowest BCUT2D eigenvalue weighted by molar-refractivity contribution is -0.165. The molecule has 0 saturated carbocycles. The van der Waals surface area contributed by atoms with Crippen LogP contribution in [0.15, 0.2) is 0 Å². The molecule has 0 aromatic heterocycles. The Hall–Kier alpha value is -1.06. The van der Waals surface area contributed by atoms with E-state index in [1.54, 1.807) is 0 Å². The summed E-state index contributed by atoms with van der Waals surface area (Å²) < 4.78 is 0. The molecular formula is C15H26N2O2. The summed E-state index contributed by atoms with van der Waals surface area (Å²) in [5, 5.41) is 0. The highest BCUT2D eigenvalue weighted by Gasteiger charge is 2.47. The van der Waals surface area contributed by atoms with Crippen molar-refractivity contribution in [3.63, 3.8) is 0 Å². The molecular weight excluding hydrogens is 240 g/mol. The van der Waals surface area contributed by atoms with Crippen LogP contribution in [0.5, 0.6) is 0 Å². The molecule has 2 fully saturated rings. The number of hydrogen-bond acceptors (Lipinski definition) is 2. The second-order valence-electron chi connectivity index (χ2n) is 6.12. The summed E-state index contributed by atoms with van der Waals surface area (Å²) >= 11 is 0. The number of nitrogens with zero attached hydrogens (tertiary/aromatic N) is 2. The van der Waals surface area contributed by atoms with Crippen molar-refractivity contribution < 1.29 is 9.59 Å². The van der Waals surface area contributed by atoms with E-state index in [0.29, 0.717) is 0 Å². The number of carbonyl (C=O) groups is 2. The van der Waals surface area contributed by atoms with Gasteiger partial charge in [0.25, 0.3) is 0 Å². The van der Waals surface area contributed by atoms with Crippen LogP contribution in [-0.4, -0.2) is 46.8 Å². The molecule has 108 valence electrons. The van der Waals surface area contributed by atoms with Crippen molar-refractivity contribution in [1.82, 2.24) is 9.80 Å². The molecule has 19 heavy (non-hydrogen) atoms. The zero-order chi connectivity index (χ0) is 14.0. The highest BCUT2D eigenvalue weighted by atomic mass is 16.2. The van der Waals surface area contributed by atoms with Crippen LogP contribution < -0.4 is 0 Å². The van der Waals surface area contributed by atoms with Crippen LogP contribution in [0, 0.1) is 5.92 Å². The van der Waals surface area contributed by atoms with Gasteiger partial charge in [0.1, 0.15) is 12.1 Å². The number of carbonyl (C=O) groups excluding carboxylic acids is 2. The maximum absolute atomic E-state index is 12.7. The summed E-state index contributed by atoms with van der Waals surface area (Å²) in [6.07, 6.45) is 4.98. The highest BCUT2D eigenvalue weighted by Crippen LogP contribution is 2.29. The average molecular weight is 266 g/mol. The molecule has 0 aliphatic carbocycles. The number of rotatable bonds is 4. The lowest BCUT2D eigenvalue weighted by atomic mass is 9.90. The van der Waals surface area contributed by atoms with Crippen LogP contribution in [0.1, 0.15) is 52.9 Å². The molecule has 2 aliphatic rings. The van der Waals surface area contributed by atoms with E-state index >= 15 is 0 Å². The normalized spacial score (nSPS) is 28.0. The van der Waals surface area contributed by atoms with E-state index in [2.05, 4.69) is 6.92 Å². The Labute approximate surface area is 116 Å². The zero-order valence-electron chi connectivity index (χ0n) is 12.4. The summed E-state index contributed by atoms with van der Waals surface area (Å²) in [5.41, 5.74) is 0. The van der Waals surface area contributed by atoms with Gasteiger partial charge >= 0.3 is 0 Å². The Balaban J connectivity index is 2.23. The summed E-state index contributed by atoms with van der Waals surface area (Å²) in [6.45, 7) is 7.69. The van der Waals surface area contributed by atoms with E-state index in [1.165, 1.54) is 0 Å². The fraction of sp³-hybridized carbons (Fsp3) is 0.867. The number of piperazine rings is 1. The van der Waals surface area contributed by atoms with Crippen LogP contribution in [0.3, 0.4) is 0 Å². The fourth-order valence-corrected chi connectivity index (χ4v) is 3.31. The maximum Gasteiger partial charge on any atom is 0.246 e. The zero-order valence-corrected chi connectivity index (χ0v) is 12.4. The molecule has 2 unspecified atom stereocenters. The monoisotopic (exact) mass is 266 g/mol. The fourth-order valence-electron chi connectivity index (χ4n) is 3.31. The van der Waals surface area contributed by atoms with Gasteiger partial charge < -0.3 is 9.80 Å². The summed E-state index contributed by atoms with van der Waals surface area (Å²) in [4.78, 5) is 29.0. The van der Waals surface area contributed by atoms with E-state index in [-0.39, 0.29) is 29.8 Å². The largest absolute Gasteiger partial charge is 0.329 e. The van der Waals surface area contributed by atoms with Gasteiger partial charge in [0, 0.05) is 13.1 Å². The summed E-state index contributed by atoms with van der Waals surface area (Å²) in [6, 6.07) is -0.415. The molecule has 0 aromatic rings. The van der Waals surface area contributed by atoms with Crippen LogP contribution in [0.4, 0.5) is 0 Å². The minimum absolute atomic E-state index is 0.173. The highest BCUT2D eigenvalue weighted by molar-refractivity contribution is 5.97. The average Bonchev–Trinajstić information content (AvgIpc) is 2.40. The van der Waals surface area contributed by atoms with Gasteiger partial charge in [-0.3, -0.25) is 9.59 Å². The molecule has 2 aliphatic heterocycles. The Morgan fingerprint density at radius 2 is 1.95 bits per heavy atom. The predicted octanol–water partition coefficient (Wildman–Crippen LogP) is 2.03.